The number of rotatable bonds is 2. The minimum Gasteiger partial charge on any atom is -0.340 e. The number of hydrogen-bond donors (Lipinski definition) is 2. The highest BCUT2D eigenvalue weighted by Gasteiger charge is 2.42. The molecule has 2 N–H and O–H groups in total. The molecule has 2 heterocycles. The molecular formula is C22H16FN3O3. The van der Waals surface area contributed by atoms with Gasteiger partial charge in [-0.2, -0.15) is 0 Å². The number of nitrogens with one attached hydrogen (secondary N) is 2. The fourth-order valence-corrected chi connectivity index (χ4v) is 4.25. The van der Waals surface area contributed by atoms with E-state index >= 15 is 0 Å². The van der Waals surface area contributed by atoms with Crippen LogP contribution in [0.3, 0.4) is 0 Å². The van der Waals surface area contributed by atoms with Crippen LogP contribution in [-0.4, -0.2) is 15.3 Å². The van der Waals surface area contributed by atoms with E-state index in [0.717, 1.165) is 5.56 Å². The summed E-state index contributed by atoms with van der Waals surface area (Å²) in [6.07, 6.45) is 0. The van der Waals surface area contributed by atoms with E-state index in [-0.39, 0.29) is 11.3 Å². The second-order valence-corrected chi connectivity index (χ2v) is 7.04. The van der Waals surface area contributed by atoms with Crippen LogP contribution in [0, 0.1) is 5.82 Å². The lowest BCUT2D eigenvalue weighted by Crippen LogP contribution is -2.38. The third kappa shape index (κ3) is 2.37. The number of carbonyl (C=O) groups is 1. The Morgan fingerprint density at radius 1 is 1.00 bits per heavy atom. The van der Waals surface area contributed by atoms with Crippen molar-refractivity contribution in [3.63, 3.8) is 0 Å². The van der Waals surface area contributed by atoms with E-state index in [0.29, 0.717) is 34.8 Å². The highest BCUT2D eigenvalue weighted by molar-refractivity contribution is 6.23. The van der Waals surface area contributed by atoms with E-state index in [2.05, 4.69) is 10.3 Å². The first-order chi connectivity index (χ1) is 14.0. The van der Waals surface area contributed by atoms with E-state index in [1.807, 2.05) is 12.1 Å². The molecule has 1 atom stereocenters. The van der Waals surface area contributed by atoms with Gasteiger partial charge < -0.3 is 5.32 Å². The molecule has 1 aliphatic heterocycles. The fourth-order valence-electron chi connectivity index (χ4n) is 4.25. The van der Waals surface area contributed by atoms with Crippen LogP contribution in [0.15, 0.2) is 63.7 Å². The number of aromatic nitrogens is 2. The van der Waals surface area contributed by atoms with Gasteiger partial charge in [-0.3, -0.25) is 19.1 Å². The number of halogens is 1. The minimum absolute atomic E-state index is 0.184. The molecule has 1 aliphatic carbocycles. The average Bonchev–Trinajstić information content (AvgIpc) is 3.00. The molecule has 0 radical (unpaired) electrons. The molecule has 0 spiro atoms. The largest absolute Gasteiger partial charge is 0.340 e. The highest BCUT2D eigenvalue weighted by Crippen LogP contribution is 2.47. The number of fused-ring (bicyclic) bond motifs is 3. The van der Waals surface area contributed by atoms with E-state index in [1.165, 1.54) is 16.7 Å². The van der Waals surface area contributed by atoms with Gasteiger partial charge in [0.1, 0.15) is 11.6 Å². The van der Waals surface area contributed by atoms with Crippen LogP contribution in [0.2, 0.25) is 0 Å². The monoisotopic (exact) mass is 389 g/mol. The summed E-state index contributed by atoms with van der Waals surface area (Å²) in [5.74, 6) is -0.954. The molecule has 0 amide bonds. The third-order valence-electron chi connectivity index (χ3n) is 5.53. The Kier molecular flexibility index (Phi) is 3.67. The summed E-state index contributed by atoms with van der Waals surface area (Å²) in [4.78, 5) is 40.8. The lowest BCUT2D eigenvalue weighted by atomic mass is 9.81. The first kappa shape index (κ1) is 17.4. The highest BCUT2D eigenvalue weighted by atomic mass is 19.1. The lowest BCUT2D eigenvalue weighted by Gasteiger charge is -2.29. The predicted octanol–water partition coefficient (Wildman–Crippen LogP) is 2.86. The van der Waals surface area contributed by atoms with Crippen LogP contribution in [0.1, 0.15) is 39.9 Å². The standard InChI is InChI=1S/C22H16FN3O3/c1-2-26-20-17(21(28)25-22(26)29)15(11-7-9-12(23)10-8-11)16-18(24-20)13-5-3-4-6-14(13)19(16)27/h3-10,15,24H,2H2,1H3,(H,25,28,29)/t15-/m1/s1. The number of hydrogen-bond acceptors (Lipinski definition) is 4. The molecule has 0 saturated carbocycles. The summed E-state index contributed by atoms with van der Waals surface area (Å²) in [7, 11) is 0. The van der Waals surface area contributed by atoms with Gasteiger partial charge >= 0.3 is 5.69 Å². The molecule has 1 aromatic heterocycles. The van der Waals surface area contributed by atoms with Crippen LogP contribution in [-0.2, 0) is 6.54 Å². The van der Waals surface area contributed by atoms with Gasteiger partial charge in [0.2, 0.25) is 0 Å². The van der Waals surface area contributed by atoms with Crippen LogP contribution < -0.4 is 16.6 Å². The predicted molar refractivity (Wildman–Crippen MR) is 107 cm³/mol. The molecular weight excluding hydrogens is 373 g/mol. The number of aromatic amines is 1. The molecule has 5 rings (SSSR count). The van der Waals surface area contributed by atoms with Crippen molar-refractivity contribution in [3.8, 4) is 0 Å². The zero-order chi connectivity index (χ0) is 20.3. The van der Waals surface area contributed by atoms with Gasteiger partial charge in [-0.25, -0.2) is 9.18 Å². The van der Waals surface area contributed by atoms with Crippen LogP contribution in [0.5, 0.6) is 0 Å². The van der Waals surface area contributed by atoms with E-state index < -0.39 is 23.0 Å². The summed E-state index contributed by atoms with van der Waals surface area (Å²) < 4.78 is 15.0. The van der Waals surface area contributed by atoms with Gasteiger partial charge in [-0.05, 0) is 24.6 Å². The van der Waals surface area contributed by atoms with Crippen molar-refractivity contribution in [2.75, 3.05) is 5.32 Å². The number of carbonyl (C=O) groups excluding carboxylic acids is 1. The molecule has 2 aliphatic rings. The third-order valence-corrected chi connectivity index (χ3v) is 5.53. The van der Waals surface area contributed by atoms with E-state index in [1.54, 1.807) is 31.2 Å². The van der Waals surface area contributed by atoms with Gasteiger partial charge in [0.25, 0.3) is 5.56 Å². The van der Waals surface area contributed by atoms with Crippen molar-refractivity contribution >= 4 is 17.3 Å². The molecule has 7 heteroatoms. The van der Waals surface area contributed by atoms with Crippen molar-refractivity contribution in [1.29, 1.82) is 0 Å². The SMILES string of the molecule is CCn1c2c(c(=O)[nH]c1=O)[C@H](c1ccc(F)cc1)C1=C(N2)c2ccccc2C1=O. The topological polar surface area (TPSA) is 84.0 Å². The maximum absolute atomic E-state index is 13.6. The minimum atomic E-state index is -0.719. The summed E-state index contributed by atoms with van der Waals surface area (Å²) in [5, 5.41) is 3.19. The Bertz CT molecular complexity index is 1330. The number of allylic oxidation sites excluding steroid dienone is 1. The van der Waals surface area contributed by atoms with E-state index in [9.17, 15) is 18.8 Å². The first-order valence-electron chi connectivity index (χ1n) is 9.29. The molecule has 144 valence electrons. The zero-order valence-corrected chi connectivity index (χ0v) is 15.5. The molecule has 2 aromatic carbocycles. The summed E-state index contributed by atoms with van der Waals surface area (Å²) in [6, 6.07) is 12.9. The molecule has 0 saturated heterocycles. The van der Waals surface area contributed by atoms with Crippen LogP contribution >= 0.6 is 0 Å². The number of H-pyrrole nitrogens is 1. The van der Waals surface area contributed by atoms with Crippen molar-refractivity contribution < 1.29 is 9.18 Å². The number of benzene rings is 2. The van der Waals surface area contributed by atoms with Crippen LogP contribution in [0.25, 0.3) is 5.70 Å². The van der Waals surface area contributed by atoms with Gasteiger partial charge in [0.05, 0.1) is 11.3 Å². The summed E-state index contributed by atoms with van der Waals surface area (Å²) >= 11 is 0. The Balaban J connectivity index is 1.87. The second-order valence-electron chi connectivity index (χ2n) is 7.04. The van der Waals surface area contributed by atoms with Crippen molar-refractivity contribution in [3.05, 3.63) is 103 Å². The van der Waals surface area contributed by atoms with E-state index in [4.69, 9.17) is 0 Å². The Hall–Kier alpha value is -3.74. The molecule has 0 bridgehead atoms. The Morgan fingerprint density at radius 3 is 2.38 bits per heavy atom. The molecule has 0 fully saturated rings. The second kappa shape index (κ2) is 6.13. The number of Topliss-reactive ketones (excluding diaryl/α,β-unsaturated/α-hetero) is 1. The Labute approximate surface area is 164 Å². The molecule has 3 aromatic rings. The fraction of sp³-hybridized carbons (Fsp3) is 0.136. The van der Waals surface area contributed by atoms with Gasteiger partial charge in [0, 0.05) is 29.2 Å². The lowest BCUT2D eigenvalue weighted by molar-refractivity contribution is 0.103. The maximum atomic E-state index is 13.6. The summed E-state index contributed by atoms with van der Waals surface area (Å²) in [5.41, 5.74) is 2.06. The van der Waals surface area contributed by atoms with Gasteiger partial charge in [-0.15, -0.1) is 0 Å². The van der Waals surface area contributed by atoms with Gasteiger partial charge in [-0.1, -0.05) is 36.4 Å². The molecule has 6 nitrogen and oxygen atoms in total. The normalized spacial score (nSPS) is 16.9. The molecule has 29 heavy (non-hydrogen) atoms. The summed E-state index contributed by atoms with van der Waals surface area (Å²) in [6.45, 7) is 2.13. The van der Waals surface area contributed by atoms with Crippen molar-refractivity contribution in [2.45, 2.75) is 19.4 Å². The number of ketones is 1. The zero-order valence-electron chi connectivity index (χ0n) is 15.5. The maximum Gasteiger partial charge on any atom is 0.329 e. The average molecular weight is 389 g/mol. The molecule has 0 unspecified atom stereocenters. The van der Waals surface area contributed by atoms with Gasteiger partial charge in [0.15, 0.2) is 5.78 Å². The first-order valence-corrected chi connectivity index (χ1v) is 9.29. The van der Waals surface area contributed by atoms with Crippen molar-refractivity contribution in [1.82, 2.24) is 9.55 Å². The smallest absolute Gasteiger partial charge is 0.329 e. The number of nitrogens with zero attached hydrogens (tertiary/aromatic N) is 1. The van der Waals surface area contributed by atoms with Crippen LogP contribution in [0.4, 0.5) is 10.2 Å². The Morgan fingerprint density at radius 2 is 1.69 bits per heavy atom. The van der Waals surface area contributed by atoms with Crippen molar-refractivity contribution in [2.24, 2.45) is 0 Å². The quantitative estimate of drug-likeness (QED) is 0.706. The number of anilines is 1.